The van der Waals surface area contributed by atoms with Gasteiger partial charge in [0.05, 0.1) is 6.04 Å². The quantitative estimate of drug-likeness (QED) is 0.876. The maximum Gasteiger partial charge on any atom is 0.573 e. The van der Waals surface area contributed by atoms with Crippen molar-refractivity contribution in [2.45, 2.75) is 32.7 Å². The Hall–Kier alpha value is -1.76. The van der Waals surface area contributed by atoms with Crippen molar-refractivity contribution in [1.82, 2.24) is 0 Å². The number of amides is 1. The second kappa shape index (κ2) is 6.60. The fraction of sp³-hybridized carbons (Fsp3) is 0.462. The van der Waals surface area contributed by atoms with Gasteiger partial charge in [-0.15, -0.1) is 13.2 Å². The Morgan fingerprint density at radius 3 is 2.60 bits per heavy atom. The lowest BCUT2D eigenvalue weighted by atomic mass is 10.0. The van der Waals surface area contributed by atoms with E-state index in [1.54, 1.807) is 0 Å². The Kier molecular flexibility index (Phi) is 5.38. The third-order valence-corrected chi connectivity index (χ3v) is 2.40. The monoisotopic (exact) mass is 290 g/mol. The van der Waals surface area contributed by atoms with Gasteiger partial charge < -0.3 is 15.8 Å². The number of hydrogen-bond acceptors (Lipinski definition) is 3. The van der Waals surface area contributed by atoms with E-state index in [9.17, 15) is 18.0 Å². The molecule has 4 nitrogen and oxygen atoms in total. The molecular formula is C13H17F3N2O2. The van der Waals surface area contributed by atoms with E-state index in [2.05, 4.69) is 10.1 Å². The van der Waals surface area contributed by atoms with Gasteiger partial charge in [0.15, 0.2) is 0 Å². The van der Waals surface area contributed by atoms with E-state index < -0.39 is 24.1 Å². The maximum absolute atomic E-state index is 12.1. The molecule has 0 saturated heterocycles. The van der Waals surface area contributed by atoms with Crippen molar-refractivity contribution in [2.24, 2.45) is 11.7 Å². The molecule has 3 N–H and O–H groups in total. The van der Waals surface area contributed by atoms with Gasteiger partial charge in [-0.2, -0.15) is 0 Å². The van der Waals surface area contributed by atoms with Crippen LogP contribution in [0.15, 0.2) is 24.3 Å². The average Bonchev–Trinajstić information content (AvgIpc) is 2.25. The molecule has 1 atom stereocenters. The summed E-state index contributed by atoms with van der Waals surface area (Å²) in [5, 5.41) is 2.46. The van der Waals surface area contributed by atoms with Gasteiger partial charge in [0.25, 0.3) is 0 Å². The van der Waals surface area contributed by atoms with E-state index in [4.69, 9.17) is 5.73 Å². The molecule has 0 spiro atoms. The number of carbonyl (C=O) groups excluding carboxylic acids is 1. The molecule has 1 amide bonds. The van der Waals surface area contributed by atoms with Gasteiger partial charge in [-0.25, -0.2) is 0 Å². The molecule has 0 radical (unpaired) electrons. The first kappa shape index (κ1) is 16.3. The molecule has 0 saturated carbocycles. The molecule has 20 heavy (non-hydrogen) atoms. The Morgan fingerprint density at radius 1 is 1.40 bits per heavy atom. The first-order chi connectivity index (χ1) is 9.17. The summed E-state index contributed by atoms with van der Waals surface area (Å²) < 4.78 is 40.0. The van der Waals surface area contributed by atoms with Crippen molar-refractivity contribution in [3.05, 3.63) is 24.3 Å². The van der Waals surface area contributed by atoms with Crippen LogP contribution in [-0.2, 0) is 4.79 Å². The first-order valence-electron chi connectivity index (χ1n) is 6.09. The number of rotatable bonds is 5. The van der Waals surface area contributed by atoms with Crippen LogP contribution in [0.25, 0.3) is 0 Å². The summed E-state index contributed by atoms with van der Waals surface area (Å²) >= 11 is 0. The highest BCUT2D eigenvalue weighted by Gasteiger charge is 2.31. The highest BCUT2D eigenvalue weighted by Crippen LogP contribution is 2.25. The molecule has 0 aromatic heterocycles. The molecule has 0 aliphatic carbocycles. The average molecular weight is 290 g/mol. The summed E-state index contributed by atoms with van der Waals surface area (Å²) in [5.41, 5.74) is 5.89. The summed E-state index contributed by atoms with van der Waals surface area (Å²) in [7, 11) is 0. The van der Waals surface area contributed by atoms with Crippen LogP contribution >= 0.6 is 0 Å². The van der Waals surface area contributed by atoms with Crippen LogP contribution in [0.1, 0.15) is 20.3 Å². The predicted molar refractivity (Wildman–Crippen MR) is 69.2 cm³/mol. The lowest BCUT2D eigenvalue weighted by Crippen LogP contribution is -2.36. The van der Waals surface area contributed by atoms with Crippen LogP contribution in [0.3, 0.4) is 0 Å². The molecule has 0 unspecified atom stereocenters. The van der Waals surface area contributed by atoms with Crippen LogP contribution in [0.2, 0.25) is 0 Å². The highest BCUT2D eigenvalue weighted by molar-refractivity contribution is 5.94. The van der Waals surface area contributed by atoms with Crippen molar-refractivity contribution >= 4 is 11.6 Å². The van der Waals surface area contributed by atoms with Crippen LogP contribution in [-0.4, -0.2) is 18.3 Å². The van der Waals surface area contributed by atoms with Gasteiger partial charge in [-0.1, -0.05) is 19.9 Å². The number of alkyl halides is 3. The number of nitrogens with one attached hydrogen (secondary N) is 1. The van der Waals surface area contributed by atoms with Gasteiger partial charge in [0, 0.05) is 11.8 Å². The van der Waals surface area contributed by atoms with Crippen molar-refractivity contribution < 1.29 is 22.7 Å². The number of hydrogen-bond donors (Lipinski definition) is 2. The molecule has 0 aliphatic rings. The van der Waals surface area contributed by atoms with Gasteiger partial charge in [-0.3, -0.25) is 4.79 Å². The summed E-state index contributed by atoms with van der Waals surface area (Å²) in [4.78, 5) is 11.7. The SMILES string of the molecule is CC(C)C[C@H](N)C(=O)Nc1cccc(OC(F)(F)F)c1. The van der Waals surface area contributed by atoms with Gasteiger partial charge in [0.2, 0.25) is 5.91 Å². The number of benzene rings is 1. The van der Waals surface area contributed by atoms with Crippen LogP contribution in [0.4, 0.5) is 18.9 Å². The number of nitrogens with two attached hydrogens (primary N) is 1. The molecular weight excluding hydrogens is 273 g/mol. The Labute approximate surface area is 115 Å². The molecule has 0 heterocycles. The van der Waals surface area contributed by atoms with Crippen molar-refractivity contribution in [3.63, 3.8) is 0 Å². The van der Waals surface area contributed by atoms with E-state index in [-0.39, 0.29) is 11.6 Å². The topological polar surface area (TPSA) is 64.4 Å². The predicted octanol–water partition coefficient (Wildman–Crippen LogP) is 2.90. The van der Waals surface area contributed by atoms with Crippen molar-refractivity contribution in [1.29, 1.82) is 0 Å². The third kappa shape index (κ3) is 5.92. The van der Waals surface area contributed by atoms with Crippen LogP contribution in [0.5, 0.6) is 5.75 Å². The number of carbonyl (C=O) groups is 1. The lowest BCUT2D eigenvalue weighted by Gasteiger charge is -2.15. The molecule has 1 aromatic carbocycles. The second-order valence-electron chi connectivity index (χ2n) is 4.80. The van der Waals surface area contributed by atoms with E-state index >= 15 is 0 Å². The lowest BCUT2D eigenvalue weighted by molar-refractivity contribution is -0.274. The standard InChI is InChI=1S/C13H17F3N2O2/c1-8(2)6-11(17)12(19)18-9-4-3-5-10(7-9)20-13(14,15)16/h3-5,7-8,11H,6,17H2,1-2H3,(H,18,19)/t11-/m0/s1. The summed E-state index contributed by atoms with van der Waals surface area (Å²) in [6.45, 7) is 3.84. The Morgan fingerprint density at radius 2 is 2.05 bits per heavy atom. The number of ether oxygens (including phenoxy) is 1. The molecule has 112 valence electrons. The normalized spacial score (nSPS) is 13.2. The minimum absolute atomic E-state index is 0.205. The van der Waals surface area contributed by atoms with E-state index in [1.807, 2.05) is 13.8 Å². The minimum Gasteiger partial charge on any atom is -0.406 e. The third-order valence-electron chi connectivity index (χ3n) is 2.40. The summed E-state index contributed by atoms with van der Waals surface area (Å²) in [6, 6.07) is 4.35. The second-order valence-corrected chi connectivity index (χ2v) is 4.80. The molecule has 7 heteroatoms. The van der Waals surface area contributed by atoms with Crippen molar-refractivity contribution in [3.8, 4) is 5.75 Å². The number of halogens is 3. The Balaban J connectivity index is 2.68. The molecule has 0 bridgehead atoms. The zero-order valence-electron chi connectivity index (χ0n) is 11.2. The fourth-order valence-corrected chi connectivity index (χ4v) is 1.62. The summed E-state index contributed by atoms with van der Waals surface area (Å²) in [6.07, 6.45) is -4.28. The van der Waals surface area contributed by atoms with E-state index in [0.717, 1.165) is 12.1 Å². The van der Waals surface area contributed by atoms with E-state index in [1.165, 1.54) is 12.1 Å². The van der Waals surface area contributed by atoms with Gasteiger partial charge >= 0.3 is 6.36 Å². The fourth-order valence-electron chi connectivity index (χ4n) is 1.62. The Bertz CT molecular complexity index is 461. The number of anilines is 1. The van der Waals surface area contributed by atoms with E-state index in [0.29, 0.717) is 6.42 Å². The first-order valence-corrected chi connectivity index (χ1v) is 6.09. The largest absolute Gasteiger partial charge is 0.573 e. The van der Waals surface area contributed by atoms with Crippen molar-refractivity contribution in [2.75, 3.05) is 5.32 Å². The smallest absolute Gasteiger partial charge is 0.406 e. The molecule has 0 fully saturated rings. The van der Waals surface area contributed by atoms with Crippen LogP contribution < -0.4 is 15.8 Å². The highest BCUT2D eigenvalue weighted by atomic mass is 19.4. The zero-order chi connectivity index (χ0) is 15.3. The maximum atomic E-state index is 12.1. The van der Waals surface area contributed by atoms with Gasteiger partial charge in [-0.05, 0) is 24.5 Å². The minimum atomic E-state index is -4.77. The van der Waals surface area contributed by atoms with Crippen LogP contribution in [0, 0.1) is 5.92 Å². The summed E-state index contributed by atoms with van der Waals surface area (Å²) in [5.74, 6) is -0.591. The van der Waals surface area contributed by atoms with Gasteiger partial charge in [0.1, 0.15) is 5.75 Å². The molecule has 0 aliphatic heterocycles. The molecule has 1 aromatic rings. The zero-order valence-corrected chi connectivity index (χ0v) is 11.2. The molecule has 1 rings (SSSR count).